The minimum absolute atomic E-state index is 0.118. The van der Waals surface area contributed by atoms with E-state index in [1.165, 1.54) is 20.1 Å². The second-order valence-corrected chi connectivity index (χ2v) is 3.32. The van der Waals surface area contributed by atoms with Crippen LogP contribution in [0.4, 0.5) is 4.39 Å². The topological polar surface area (TPSA) is 75.7 Å². The van der Waals surface area contributed by atoms with Gasteiger partial charge in [-0.3, -0.25) is 0 Å². The largest absolute Gasteiger partial charge is 0.505 e. The Bertz CT molecular complexity index is 355. The van der Waals surface area contributed by atoms with Gasteiger partial charge >= 0.3 is 0 Å². The molecule has 0 aliphatic carbocycles. The molecule has 1 aromatic rings. The van der Waals surface area contributed by atoms with Gasteiger partial charge in [0.15, 0.2) is 11.6 Å². The Morgan fingerprint density at radius 1 is 1.47 bits per heavy atom. The number of phenolic OH excluding ortho intramolecular Hbond substituents is 1. The molecule has 2 atom stereocenters. The van der Waals surface area contributed by atoms with Gasteiger partial charge in [-0.25, -0.2) is 4.39 Å². The average molecular weight is 215 g/mol. The number of aliphatic hydroxyl groups is 1. The summed E-state index contributed by atoms with van der Waals surface area (Å²) >= 11 is 0. The standard InChI is InChI=1S/C10H14FNO3/c1-5(12)10(14)8-7(15-2)4-3-6(13)9(8)11/h3-5,10,13-14H,12H2,1-2H3. The van der Waals surface area contributed by atoms with Crippen LogP contribution in [0, 0.1) is 5.82 Å². The first-order valence-corrected chi connectivity index (χ1v) is 4.48. The predicted molar refractivity (Wildman–Crippen MR) is 53.2 cm³/mol. The second-order valence-electron chi connectivity index (χ2n) is 3.32. The highest BCUT2D eigenvalue weighted by Gasteiger charge is 2.23. The third kappa shape index (κ3) is 2.19. The Morgan fingerprint density at radius 3 is 2.53 bits per heavy atom. The first-order chi connectivity index (χ1) is 6.99. The number of hydrogen-bond acceptors (Lipinski definition) is 4. The van der Waals surface area contributed by atoms with Crippen molar-refractivity contribution in [3.63, 3.8) is 0 Å². The van der Waals surface area contributed by atoms with Gasteiger partial charge in [-0.15, -0.1) is 0 Å². The summed E-state index contributed by atoms with van der Waals surface area (Å²) in [6, 6.07) is 1.88. The zero-order chi connectivity index (χ0) is 11.6. The summed E-state index contributed by atoms with van der Waals surface area (Å²) in [6.07, 6.45) is -1.22. The molecular weight excluding hydrogens is 201 g/mol. The quantitative estimate of drug-likeness (QED) is 0.700. The average Bonchev–Trinajstić information content (AvgIpc) is 2.20. The van der Waals surface area contributed by atoms with Crippen molar-refractivity contribution in [1.29, 1.82) is 0 Å². The van der Waals surface area contributed by atoms with Gasteiger partial charge in [0.2, 0.25) is 0 Å². The van der Waals surface area contributed by atoms with Gasteiger partial charge in [-0.2, -0.15) is 0 Å². The summed E-state index contributed by atoms with van der Waals surface area (Å²) in [5.74, 6) is -1.28. The van der Waals surface area contributed by atoms with Crippen LogP contribution in [0.1, 0.15) is 18.6 Å². The number of hydrogen-bond donors (Lipinski definition) is 3. The monoisotopic (exact) mass is 215 g/mol. The molecule has 2 unspecified atom stereocenters. The number of ether oxygens (including phenoxy) is 1. The molecule has 4 N–H and O–H groups in total. The van der Waals surface area contributed by atoms with E-state index < -0.39 is 23.7 Å². The summed E-state index contributed by atoms with van der Waals surface area (Å²) in [6.45, 7) is 1.54. The zero-order valence-corrected chi connectivity index (χ0v) is 8.57. The van der Waals surface area contributed by atoms with E-state index >= 15 is 0 Å². The van der Waals surface area contributed by atoms with Crippen molar-refractivity contribution >= 4 is 0 Å². The summed E-state index contributed by atoms with van der Waals surface area (Å²) < 4.78 is 18.4. The first-order valence-electron chi connectivity index (χ1n) is 4.48. The minimum atomic E-state index is -1.22. The molecule has 0 amide bonds. The number of methoxy groups -OCH3 is 1. The lowest BCUT2D eigenvalue weighted by Gasteiger charge is -2.18. The molecule has 0 radical (unpaired) electrons. The SMILES string of the molecule is COc1ccc(O)c(F)c1C(O)C(C)N. The van der Waals surface area contributed by atoms with Gasteiger partial charge in [-0.05, 0) is 19.1 Å². The fourth-order valence-electron chi connectivity index (χ4n) is 1.28. The maximum Gasteiger partial charge on any atom is 0.174 e. The molecule has 0 bridgehead atoms. The number of nitrogens with two attached hydrogens (primary N) is 1. The molecule has 0 aromatic heterocycles. The highest BCUT2D eigenvalue weighted by atomic mass is 19.1. The molecule has 1 rings (SSSR count). The number of phenols is 1. The Labute approximate surface area is 87.1 Å². The van der Waals surface area contributed by atoms with Crippen molar-refractivity contribution in [3.8, 4) is 11.5 Å². The van der Waals surface area contributed by atoms with Crippen LogP contribution in [0.15, 0.2) is 12.1 Å². The number of aromatic hydroxyl groups is 1. The molecule has 4 nitrogen and oxygen atoms in total. The number of rotatable bonds is 3. The van der Waals surface area contributed by atoms with Gasteiger partial charge in [0.1, 0.15) is 11.9 Å². The molecular formula is C10H14FNO3. The number of aliphatic hydroxyl groups excluding tert-OH is 1. The van der Waals surface area contributed by atoms with Gasteiger partial charge in [0.25, 0.3) is 0 Å². The van der Waals surface area contributed by atoms with Crippen LogP contribution < -0.4 is 10.5 Å². The molecule has 0 aliphatic rings. The second kappa shape index (κ2) is 4.46. The Balaban J connectivity index is 3.29. The van der Waals surface area contributed by atoms with Crippen LogP contribution in [-0.4, -0.2) is 23.4 Å². The Hall–Kier alpha value is -1.33. The summed E-state index contributed by atoms with van der Waals surface area (Å²) in [5, 5.41) is 18.8. The first kappa shape index (κ1) is 11.7. The van der Waals surface area contributed by atoms with Crippen molar-refractivity contribution in [1.82, 2.24) is 0 Å². The molecule has 0 saturated carbocycles. The molecule has 0 fully saturated rings. The van der Waals surface area contributed by atoms with E-state index in [1.54, 1.807) is 0 Å². The molecule has 0 heterocycles. The van der Waals surface area contributed by atoms with Crippen LogP contribution in [0.25, 0.3) is 0 Å². The highest BCUT2D eigenvalue weighted by Crippen LogP contribution is 2.33. The smallest absolute Gasteiger partial charge is 0.174 e. The number of benzene rings is 1. The van der Waals surface area contributed by atoms with Crippen LogP contribution in [0.3, 0.4) is 0 Å². The molecule has 0 spiro atoms. The van der Waals surface area contributed by atoms with Crippen molar-refractivity contribution < 1.29 is 19.3 Å². The van der Waals surface area contributed by atoms with Crippen molar-refractivity contribution in [2.75, 3.05) is 7.11 Å². The maximum absolute atomic E-state index is 13.5. The zero-order valence-electron chi connectivity index (χ0n) is 8.57. The third-order valence-corrected chi connectivity index (χ3v) is 2.13. The van der Waals surface area contributed by atoms with E-state index in [9.17, 15) is 9.50 Å². The van der Waals surface area contributed by atoms with Crippen LogP contribution in [0.5, 0.6) is 11.5 Å². The summed E-state index contributed by atoms with van der Waals surface area (Å²) in [5.41, 5.74) is 5.34. The molecule has 5 heteroatoms. The fourth-order valence-corrected chi connectivity index (χ4v) is 1.28. The lowest BCUT2D eigenvalue weighted by atomic mass is 10.0. The van der Waals surface area contributed by atoms with Gasteiger partial charge in [-0.1, -0.05) is 0 Å². The summed E-state index contributed by atoms with van der Waals surface area (Å²) in [4.78, 5) is 0. The van der Waals surface area contributed by atoms with Crippen molar-refractivity contribution in [2.45, 2.75) is 19.1 Å². The minimum Gasteiger partial charge on any atom is -0.505 e. The third-order valence-electron chi connectivity index (χ3n) is 2.13. The molecule has 15 heavy (non-hydrogen) atoms. The van der Waals surface area contributed by atoms with E-state index in [1.807, 2.05) is 0 Å². The predicted octanol–water partition coefficient (Wildman–Crippen LogP) is 0.920. The van der Waals surface area contributed by atoms with E-state index in [2.05, 4.69) is 0 Å². The lowest BCUT2D eigenvalue weighted by Crippen LogP contribution is -2.25. The van der Waals surface area contributed by atoms with Gasteiger partial charge in [0.05, 0.1) is 12.7 Å². The van der Waals surface area contributed by atoms with Crippen molar-refractivity contribution in [3.05, 3.63) is 23.5 Å². The maximum atomic E-state index is 13.5. The Morgan fingerprint density at radius 2 is 2.07 bits per heavy atom. The molecule has 0 aliphatic heterocycles. The molecule has 0 saturated heterocycles. The lowest BCUT2D eigenvalue weighted by molar-refractivity contribution is 0.144. The molecule has 84 valence electrons. The summed E-state index contributed by atoms with van der Waals surface area (Å²) in [7, 11) is 1.35. The molecule has 1 aromatic carbocycles. The van der Waals surface area contributed by atoms with Crippen LogP contribution in [-0.2, 0) is 0 Å². The fraction of sp³-hybridized carbons (Fsp3) is 0.400. The van der Waals surface area contributed by atoms with E-state index in [4.69, 9.17) is 15.6 Å². The van der Waals surface area contributed by atoms with E-state index in [-0.39, 0.29) is 11.3 Å². The normalized spacial score (nSPS) is 14.7. The number of halogens is 1. The van der Waals surface area contributed by atoms with Crippen LogP contribution in [0.2, 0.25) is 0 Å². The van der Waals surface area contributed by atoms with Gasteiger partial charge < -0.3 is 20.7 Å². The Kier molecular flexibility index (Phi) is 3.49. The van der Waals surface area contributed by atoms with Crippen LogP contribution >= 0.6 is 0 Å². The van der Waals surface area contributed by atoms with E-state index in [0.717, 1.165) is 6.07 Å². The van der Waals surface area contributed by atoms with E-state index in [0.29, 0.717) is 0 Å². The van der Waals surface area contributed by atoms with Gasteiger partial charge in [0, 0.05) is 6.04 Å². The highest BCUT2D eigenvalue weighted by molar-refractivity contribution is 5.43. The van der Waals surface area contributed by atoms with Crippen molar-refractivity contribution in [2.24, 2.45) is 5.73 Å².